The van der Waals surface area contributed by atoms with E-state index in [1.807, 2.05) is 6.92 Å². The number of aliphatic carboxylic acids is 1. The van der Waals surface area contributed by atoms with E-state index in [0.29, 0.717) is 24.7 Å². The van der Waals surface area contributed by atoms with E-state index in [1.54, 1.807) is 0 Å². The molecule has 0 aliphatic heterocycles. The summed E-state index contributed by atoms with van der Waals surface area (Å²) in [6.45, 7) is 17.5. The van der Waals surface area contributed by atoms with Crippen molar-refractivity contribution in [1.82, 2.24) is 0 Å². The van der Waals surface area contributed by atoms with Crippen LogP contribution in [0.5, 0.6) is 0 Å². The van der Waals surface area contributed by atoms with Gasteiger partial charge in [0.15, 0.2) is 0 Å². The van der Waals surface area contributed by atoms with E-state index >= 15 is 0 Å². The quantitative estimate of drug-likeness (QED) is 0.314. The van der Waals surface area contributed by atoms with Gasteiger partial charge in [0, 0.05) is 18.3 Å². The van der Waals surface area contributed by atoms with Gasteiger partial charge in [0.05, 0.1) is 11.0 Å². The molecule has 0 bridgehead atoms. The summed E-state index contributed by atoms with van der Waals surface area (Å²) in [6.07, 6.45) is 10.4. The zero-order valence-electron chi connectivity index (χ0n) is 24.4. The molecule has 5 aliphatic rings. The maximum Gasteiger partial charge on any atom is 0.310 e. The third kappa shape index (κ3) is 3.31. The van der Waals surface area contributed by atoms with Crippen LogP contribution in [0.4, 0.5) is 0 Å². The third-order valence-electron chi connectivity index (χ3n) is 13.7. The van der Waals surface area contributed by atoms with Crippen molar-refractivity contribution in [2.24, 2.45) is 50.7 Å². The number of ether oxygens (including phenoxy) is 1. The van der Waals surface area contributed by atoms with E-state index in [4.69, 9.17) is 4.74 Å². The summed E-state index contributed by atoms with van der Waals surface area (Å²) in [4.78, 5) is 24.8. The summed E-state index contributed by atoms with van der Waals surface area (Å²) in [5, 5.41) is 22.5. The lowest BCUT2D eigenvalue weighted by atomic mass is 9.33. The number of allylic oxidation sites excluding steroid dienone is 1. The fourth-order valence-electron chi connectivity index (χ4n) is 11.2. The van der Waals surface area contributed by atoms with Gasteiger partial charge in [0.2, 0.25) is 0 Å². The fraction of sp³-hybridized carbons (Fsp3) is 0.875. The zero-order chi connectivity index (χ0) is 27.4. The number of hydrogen-bond acceptors (Lipinski definition) is 4. The highest BCUT2D eigenvalue weighted by molar-refractivity contribution is 5.77. The van der Waals surface area contributed by atoms with E-state index in [-0.39, 0.29) is 45.6 Å². The maximum absolute atomic E-state index is 12.9. The Morgan fingerprint density at radius 1 is 0.919 bits per heavy atom. The molecule has 4 saturated carbocycles. The molecule has 2 N–H and O–H groups in total. The second kappa shape index (κ2) is 8.08. The first-order valence-corrected chi connectivity index (χ1v) is 14.8. The Bertz CT molecular complexity index is 1030. The lowest BCUT2D eigenvalue weighted by Crippen LogP contribution is -2.67. The number of aliphatic hydroxyl groups is 1. The normalized spacial score (nSPS) is 52.5. The SMILES string of the molecule is CC(=O)O[C@H]1CC[C@]2(C)[C@H]3CC=C4[C@H]5[C@](C(=O)O)(CC[C@@H](C)[C@@]5(C)O)CC[C@@]4(C)[C@]3(C)CC[C@H]2C1(C)C. The predicted octanol–water partition coefficient (Wildman–Crippen LogP) is 6.78. The zero-order valence-corrected chi connectivity index (χ0v) is 24.4. The van der Waals surface area contributed by atoms with Gasteiger partial charge in [-0.1, -0.05) is 53.2 Å². The van der Waals surface area contributed by atoms with Crippen LogP contribution in [-0.2, 0) is 14.3 Å². The molecule has 208 valence electrons. The number of carbonyl (C=O) groups is 2. The van der Waals surface area contributed by atoms with Crippen molar-refractivity contribution < 1.29 is 24.5 Å². The Labute approximate surface area is 223 Å². The van der Waals surface area contributed by atoms with E-state index in [9.17, 15) is 19.8 Å². The van der Waals surface area contributed by atoms with Crippen LogP contribution in [0.2, 0.25) is 0 Å². The second-order valence-electron chi connectivity index (χ2n) is 15.3. The summed E-state index contributed by atoms with van der Waals surface area (Å²) in [6, 6.07) is 0. The average Bonchev–Trinajstić information content (AvgIpc) is 2.78. The molecular formula is C32H50O5. The minimum Gasteiger partial charge on any atom is -0.481 e. The first-order valence-electron chi connectivity index (χ1n) is 14.8. The van der Waals surface area contributed by atoms with Crippen LogP contribution >= 0.6 is 0 Å². The van der Waals surface area contributed by atoms with Crippen LogP contribution < -0.4 is 0 Å². The topological polar surface area (TPSA) is 83.8 Å². The van der Waals surface area contributed by atoms with Gasteiger partial charge in [-0.2, -0.15) is 0 Å². The van der Waals surface area contributed by atoms with Crippen LogP contribution in [0.25, 0.3) is 0 Å². The molecule has 0 radical (unpaired) electrons. The largest absolute Gasteiger partial charge is 0.481 e. The van der Waals surface area contributed by atoms with Crippen molar-refractivity contribution in [2.75, 3.05) is 0 Å². The molecule has 0 unspecified atom stereocenters. The average molecular weight is 515 g/mol. The first-order chi connectivity index (χ1) is 17.0. The van der Waals surface area contributed by atoms with E-state index < -0.39 is 17.0 Å². The van der Waals surface area contributed by atoms with Crippen molar-refractivity contribution in [3.05, 3.63) is 11.6 Å². The smallest absolute Gasteiger partial charge is 0.310 e. The van der Waals surface area contributed by atoms with Gasteiger partial charge in [-0.15, -0.1) is 0 Å². The molecule has 0 aromatic carbocycles. The lowest BCUT2D eigenvalue weighted by molar-refractivity contribution is -0.221. The molecule has 0 spiro atoms. The highest BCUT2D eigenvalue weighted by Gasteiger charge is 2.71. The number of fused-ring (bicyclic) bond motifs is 7. The maximum atomic E-state index is 12.9. The van der Waals surface area contributed by atoms with Gasteiger partial charge in [-0.05, 0) is 98.7 Å². The molecule has 0 aromatic heterocycles. The Morgan fingerprint density at radius 2 is 1.59 bits per heavy atom. The van der Waals surface area contributed by atoms with Gasteiger partial charge >= 0.3 is 11.9 Å². The van der Waals surface area contributed by atoms with Gasteiger partial charge in [-0.25, -0.2) is 0 Å². The van der Waals surface area contributed by atoms with Crippen LogP contribution in [0, 0.1) is 50.7 Å². The monoisotopic (exact) mass is 514 g/mol. The van der Waals surface area contributed by atoms with Gasteiger partial charge in [-0.3, -0.25) is 9.59 Å². The van der Waals surface area contributed by atoms with E-state index in [0.717, 1.165) is 44.9 Å². The summed E-state index contributed by atoms with van der Waals surface area (Å²) in [5.74, 6) is -0.217. The minimum absolute atomic E-state index is 0.0358. The van der Waals surface area contributed by atoms with E-state index in [1.165, 1.54) is 12.5 Å². The molecular weight excluding hydrogens is 464 g/mol. The summed E-state index contributed by atoms with van der Waals surface area (Å²) in [5.41, 5.74) is -0.708. The number of rotatable bonds is 2. The molecule has 0 aromatic rings. The Kier molecular flexibility index (Phi) is 5.95. The third-order valence-corrected chi connectivity index (χ3v) is 13.7. The lowest BCUT2D eigenvalue weighted by Gasteiger charge is -2.71. The van der Waals surface area contributed by atoms with Crippen LogP contribution in [-0.4, -0.2) is 33.9 Å². The first kappa shape index (κ1) is 27.2. The number of carbonyl (C=O) groups excluding carboxylic acids is 1. The fourth-order valence-corrected chi connectivity index (χ4v) is 11.2. The van der Waals surface area contributed by atoms with Gasteiger partial charge in [0.25, 0.3) is 0 Å². The molecule has 0 amide bonds. The molecule has 0 saturated heterocycles. The minimum atomic E-state index is -1.03. The number of esters is 1. The highest BCUT2D eigenvalue weighted by Crippen LogP contribution is 2.76. The standard InChI is InChI=1S/C32H50O5/c1-19-11-16-32(26(34)35)18-17-29(6)21(25(32)31(19,8)36)9-10-23-28(5)14-13-24(37-20(2)33)27(3,4)22(28)12-15-30(23,29)7/h9,19,22-25,36H,10-18H2,1-8H3,(H,34,35)/t19-,22+,23-,24+,25-,28+,29-,30-,31-,32+/m1/s1. The summed E-state index contributed by atoms with van der Waals surface area (Å²) < 4.78 is 5.86. The summed E-state index contributed by atoms with van der Waals surface area (Å²) >= 11 is 0. The molecule has 37 heavy (non-hydrogen) atoms. The Morgan fingerprint density at radius 3 is 2.22 bits per heavy atom. The number of carboxylic acids is 1. The predicted molar refractivity (Wildman–Crippen MR) is 144 cm³/mol. The highest BCUT2D eigenvalue weighted by atomic mass is 16.5. The van der Waals surface area contributed by atoms with Crippen molar-refractivity contribution in [3.8, 4) is 0 Å². The Balaban J connectivity index is 1.59. The number of carboxylic acid groups (broad SMARTS) is 1. The molecule has 5 rings (SSSR count). The Hall–Kier alpha value is -1.36. The molecule has 5 aliphatic carbocycles. The molecule has 5 heteroatoms. The van der Waals surface area contributed by atoms with Crippen molar-refractivity contribution in [3.63, 3.8) is 0 Å². The van der Waals surface area contributed by atoms with Gasteiger partial charge in [0.1, 0.15) is 6.10 Å². The number of hydrogen-bond donors (Lipinski definition) is 2. The molecule has 10 atom stereocenters. The van der Waals surface area contributed by atoms with Crippen LogP contribution in [0.15, 0.2) is 11.6 Å². The van der Waals surface area contributed by atoms with Gasteiger partial charge < -0.3 is 14.9 Å². The molecule has 0 heterocycles. The van der Waals surface area contributed by atoms with Crippen LogP contribution in [0.3, 0.4) is 0 Å². The summed E-state index contributed by atoms with van der Waals surface area (Å²) in [7, 11) is 0. The van der Waals surface area contributed by atoms with E-state index in [2.05, 4.69) is 47.6 Å². The van der Waals surface area contributed by atoms with Crippen molar-refractivity contribution >= 4 is 11.9 Å². The molecule has 4 fully saturated rings. The van der Waals surface area contributed by atoms with Crippen LogP contribution in [0.1, 0.15) is 113 Å². The van der Waals surface area contributed by atoms with Crippen molar-refractivity contribution in [2.45, 2.75) is 125 Å². The second-order valence-corrected chi connectivity index (χ2v) is 15.3. The molecule has 5 nitrogen and oxygen atoms in total. The van der Waals surface area contributed by atoms with Crippen molar-refractivity contribution in [1.29, 1.82) is 0 Å².